The van der Waals surface area contributed by atoms with Gasteiger partial charge in [-0.05, 0) is 48.4 Å². The van der Waals surface area contributed by atoms with Crippen LogP contribution in [0.4, 0.5) is 0 Å². The fourth-order valence-electron chi connectivity index (χ4n) is 2.74. The first-order valence-corrected chi connectivity index (χ1v) is 10.2. The number of hydrogen-bond donors (Lipinski definition) is 0. The summed E-state index contributed by atoms with van der Waals surface area (Å²) in [6, 6.07) is 10.7. The Morgan fingerprint density at radius 1 is 1.38 bits per heavy atom. The lowest BCUT2D eigenvalue weighted by molar-refractivity contribution is 0.370. The average molecular weight is 473 g/mol. The third-order valence-corrected chi connectivity index (χ3v) is 5.26. The number of rotatable bonds is 6. The van der Waals surface area contributed by atoms with Crippen molar-refractivity contribution in [2.24, 2.45) is 5.10 Å². The molecule has 1 atom stereocenters. The van der Waals surface area contributed by atoms with Crippen LogP contribution < -0.4 is 10.3 Å². The molecule has 0 amide bonds. The van der Waals surface area contributed by atoms with Gasteiger partial charge in [-0.3, -0.25) is 4.79 Å². The van der Waals surface area contributed by atoms with Crippen LogP contribution >= 0.6 is 27.5 Å². The number of fused-ring (bicyclic) bond motifs is 1. The van der Waals surface area contributed by atoms with Crippen LogP contribution in [0.5, 0.6) is 5.75 Å². The van der Waals surface area contributed by atoms with Crippen molar-refractivity contribution in [3.8, 4) is 18.1 Å². The third-order valence-electron chi connectivity index (χ3n) is 4.48. The van der Waals surface area contributed by atoms with Crippen molar-refractivity contribution in [2.45, 2.75) is 26.2 Å². The molecule has 3 rings (SSSR count). The van der Waals surface area contributed by atoms with Gasteiger partial charge in [0.1, 0.15) is 18.2 Å². The fourth-order valence-corrected chi connectivity index (χ4v) is 3.34. The molecule has 0 saturated heterocycles. The minimum atomic E-state index is -0.220. The van der Waals surface area contributed by atoms with Crippen molar-refractivity contribution in [1.82, 2.24) is 9.66 Å². The molecule has 148 valence electrons. The average Bonchev–Trinajstić information content (AvgIpc) is 2.72. The minimum Gasteiger partial charge on any atom is -0.479 e. The molecule has 1 heterocycles. The molecule has 0 aliphatic rings. The predicted molar refractivity (Wildman–Crippen MR) is 121 cm³/mol. The van der Waals surface area contributed by atoms with E-state index < -0.39 is 0 Å². The second kappa shape index (κ2) is 9.25. The van der Waals surface area contributed by atoms with Crippen LogP contribution in [-0.4, -0.2) is 22.5 Å². The topological polar surface area (TPSA) is 56.5 Å². The van der Waals surface area contributed by atoms with E-state index in [1.807, 2.05) is 26.0 Å². The van der Waals surface area contributed by atoms with E-state index in [-0.39, 0.29) is 18.1 Å². The minimum absolute atomic E-state index is 0.0658. The maximum Gasteiger partial charge on any atom is 0.282 e. The normalized spacial score (nSPS) is 12.2. The largest absolute Gasteiger partial charge is 0.479 e. The van der Waals surface area contributed by atoms with Gasteiger partial charge in [-0.25, -0.2) is 4.98 Å². The van der Waals surface area contributed by atoms with Crippen LogP contribution in [0.25, 0.3) is 10.9 Å². The SMILES string of the molecule is C#CCOc1ccc(C=Nn2c([C@H](C)CC)nc3ccc(Br)cc3c2=O)cc1Cl. The zero-order valence-corrected chi connectivity index (χ0v) is 18.4. The van der Waals surface area contributed by atoms with Gasteiger partial charge in [0, 0.05) is 10.4 Å². The van der Waals surface area contributed by atoms with Crippen molar-refractivity contribution < 1.29 is 4.74 Å². The zero-order chi connectivity index (χ0) is 21.0. The molecule has 3 aromatic rings. The van der Waals surface area contributed by atoms with Gasteiger partial charge in [-0.2, -0.15) is 9.78 Å². The highest BCUT2D eigenvalue weighted by atomic mass is 79.9. The number of aromatic nitrogens is 2. The fraction of sp³-hybridized carbons (Fsp3) is 0.227. The summed E-state index contributed by atoms with van der Waals surface area (Å²) in [7, 11) is 0. The second-order valence-corrected chi connectivity index (χ2v) is 7.81. The van der Waals surface area contributed by atoms with Crippen LogP contribution in [0, 0.1) is 12.3 Å². The Balaban J connectivity index is 2.06. The predicted octanol–water partition coefficient (Wildman–Crippen LogP) is 5.22. The number of hydrogen-bond acceptors (Lipinski definition) is 4. The van der Waals surface area contributed by atoms with E-state index >= 15 is 0 Å². The second-order valence-electron chi connectivity index (χ2n) is 6.48. The maximum absolute atomic E-state index is 13.1. The van der Waals surface area contributed by atoms with E-state index in [0.717, 1.165) is 16.5 Å². The molecule has 0 aliphatic carbocycles. The molecule has 0 radical (unpaired) electrons. The molecule has 5 nitrogen and oxygen atoms in total. The number of ether oxygens (including phenoxy) is 1. The van der Waals surface area contributed by atoms with Gasteiger partial charge in [0.2, 0.25) is 0 Å². The van der Waals surface area contributed by atoms with E-state index in [0.29, 0.717) is 27.5 Å². The molecule has 0 bridgehead atoms. The van der Waals surface area contributed by atoms with E-state index in [1.54, 1.807) is 30.5 Å². The van der Waals surface area contributed by atoms with Gasteiger partial charge in [0.05, 0.1) is 22.1 Å². The lowest BCUT2D eigenvalue weighted by atomic mass is 10.1. The highest BCUT2D eigenvalue weighted by molar-refractivity contribution is 9.10. The van der Waals surface area contributed by atoms with Crippen molar-refractivity contribution in [3.05, 3.63) is 67.6 Å². The van der Waals surface area contributed by atoms with E-state index in [2.05, 4.69) is 31.9 Å². The van der Waals surface area contributed by atoms with Gasteiger partial charge < -0.3 is 4.74 Å². The molecule has 7 heteroatoms. The van der Waals surface area contributed by atoms with Crippen LogP contribution in [0.3, 0.4) is 0 Å². The van der Waals surface area contributed by atoms with Crippen LogP contribution in [0.2, 0.25) is 5.02 Å². The Morgan fingerprint density at radius 3 is 2.86 bits per heavy atom. The first kappa shape index (κ1) is 21.1. The van der Waals surface area contributed by atoms with Crippen LogP contribution in [0.15, 0.2) is 50.8 Å². The zero-order valence-electron chi connectivity index (χ0n) is 16.0. The summed E-state index contributed by atoms with van der Waals surface area (Å²) >= 11 is 9.64. The molecule has 0 unspecified atom stereocenters. The molecule has 1 aromatic heterocycles. The summed E-state index contributed by atoms with van der Waals surface area (Å²) in [5.74, 6) is 3.57. The van der Waals surface area contributed by atoms with Gasteiger partial charge >= 0.3 is 0 Å². The standard InChI is InChI=1S/C22H19BrClN3O2/c1-4-10-29-20-9-6-15(11-18(20)24)13-25-27-21(14(3)5-2)26-19-8-7-16(23)12-17(19)22(27)28/h1,6-9,11-14H,5,10H2,2-3H3/t14-/m1/s1. The van der Waals surface area contributed by atoms with Gasteiger partial charge in [-0.1, -0.05) is 47.3 Å². The number of benzene rings is 2. The quantitative estimate of drug-likeness (QED) is 0.365. The highest BCUT2D eigenvalue weighted by Crippen LogP contribution is 2.25. The summed E-state index contributed by atoms with van der Waals surface area (Å²) in [6.07, 6.45) is 7.61. The first-order valence-electron chi connectivity index (χ1n) is 9.07. The third kappa shape index (κ3) is 4.69. The lowest BCUT2D eigenvalue weighted by Gasteiger charge is -2.14. The van der Waals surface area contributed by atoms with Gasteiger partial charge in [0.25, 0.3) is 5.56 Å². The molecular formula is C22H19BrClN3O2. The van der Waals surface area contributed by atoms with Crippen molar-refractivity contribution in [2.75, 3.05) is 6.61 Å². The molecule has 29 heavy (non-hydrogen) atoms. The number of halogens is 2. The molecule has 0 spiro atoms. The Morgan fingerprint density at radius 2 is 2.17 bits per heavy atom. The van der Waals surface area contributed by atoms with E-state index in [4.69, 9.17) is 22.8 Å². The van der Waals surface area contributed by atoms with Crippen molar-refractivity contribution >= 4 is 44.6 Å². The highest BCUT2D eigenvalue weighted by Gasteiger charge is 2.15. The summed E-state index contributed by atoms with van der Waals surface area (Å²) in [5.41, 5.74) is 1.15. The molecule has 0 saturated carbocycles. The van der Waals surface area contributed by atoms with Crippen molar-refractivity contribution in [3.63, 3.8) is 0 Å². The summed E-state index contributed by atoms with van der Waals surface area (Å²) in [4.78, 5) is 17.8. The molecular weight excluding hydrogens is 454 g/mol. The Kier molecular flexibility index (Phi) is 6.73. The van der Waals surface area contributed by atoms with Crippen LogP contribution in [0.1, 0.15) is 37.6 Å². The Hall–Kier alpha value is -2.62. The lowest BCUT2D eigenvalue weighted by Crippen LogP contribution is -2.23. The van der Waals surface area contributed by atoms with E-state index in [9.17, 15) is 4.79 Å². The van der Waals surface area contributed by atoms with Gasteiger partial charge in [-0.15, -0.1) is 6.42 Å². The first-order chi connectivity index (χ1) is 13.9. The maximum atomic E-state index is 13.1. The molecule has 0 aliphatic heterocycles. The van der Waals surface area contributed by atoms with Gasteiger partial charge in [0.15, 0.2) is 0 Å². The number of nitrogens with zero attached hydrogens (tertiary/aromatic N) is 3. The molecule has 0 fully saturated rings. The summed E-state index contributed by atoms with van der Waals surface area (Å²) in [5, 5.41) is 5.34. The smallest absolute Gasteiger partial charge is 0.282 e. The van der Waals surface area contributed by atoms with Crippen molar-refractivity contribution in [1.29, 1.82) is 0 Å². The summed E-state index contributed by atoms with van der Waals surface area (Å²) < 4.78 is 7.54. The Labute approximate surface area is 182 Å². The molecule has 0 N–H and O–H groups in total. The summed E-state index contributed by atoms with van der Waals surface area (Å²) in [6.45, 7) is 4.21. The molecule has 2 aromatic carbocycles. The number of terminal acetylenes is 1. The monoisotopic (exact) mass is 471 g/mol. The van der Waals surface area contributed by atoms with E-state index in [1.165, 1.54) is 4.68 Å². The Bertz CT molecular complexity index is 1180. The van der Waals surface area contributed by atoms with Crippen LogP contribution in [-0.2, 0) is 0 Å².